The Morgan fingerprint density at radius 3 is 3.00 bits per heavy atom. The van der Waals surface area contributed by atoms with Crippen molar-refractivity contribution >= 4 is 11.6 Å². The second-order valence-electron chi connectivity index (χ2n) is 2.98. The molecule has 0 aliphatic carbocycles. The smallest absolute Gasteiger partial charge is 0.0351 e. The molecule has 0 radical (unpaired) electrons. The summed E-state index contributed by atoms with van der Waals surface area (Å²) in [6, 6.07) is 0.888. The first-order valence-corrected chi connectivity index (χ1v) is 4.72. The molecule has 60 valence electrons. The van der Waals surface area contributed by atoms with Crippen LogP contribution in [0.3, 0.4) is 0 Å². The molecule has 0 aromatic heterocycles. The molecule has 2 unspecified atom stereocenters. The molecule has 0 saturated carbocycles. The van der Waals surface area contributed by atoms with Gasteiger partial charge in [0.15, 0.2) is 0 Å². The van der Waals surface area contributed by atoms with E-state index in [1.54, 1.807) is 0 Å². The lowest BCUT2D eigenvalue weighted by atomic mass is 10.2. The summed E-state index contributed by atoms with van der Waals surface area (Å²) in [6.07, 6.45) is 4.09. The van der Waals surface area contributed by atoms with E-state index >= 15 is 0 Å². The van der Waals surface area contributed by atoms with Gasteiger partial charge >= 0.3 is 0 Å². The molecule has 2 heteroatoms. The normalized spacial score (nSPS) is 30.6. The highest BCUT2D eigenvalue weighted by Crippen LogP contribution is 2.22. The SMILES string of the molecule is CCCCC1CN1CCCl. The minimum absolute atomic E-state index is 0.794. The minimum atomic E-state index is 0.794. The third-order valence-electron chi connectivity index (χ3n) is 2.09. The number of hydrogen-bond donors (Lipinski definition) is 0. The maximum absolute atomic E-state index is 5.59. The first-order valence-electron chi connectivity index (χ1n) is 4.18. The molecule has 0 amide bonds. The third kappa shape index (κ3) is 2.47. The van der Waals surface area contributed by atoms with Gasteiger partial charge in [0, 0.05) is 25.0 Å². The Balaban J connectivity index is 1.92. The van der Waals surface area contributed by atoms with E-state index in [0.717, 1.165) is 18.5 Å². The topological polar surface area (TPSA) is 3.01 Å². The van der Waals surface area contributed by atoms with Crippen molar-refractivity contribution in [1.29, 1.82) is 0 Å². The van der Waals surface area contributed by atoms with Crippen LogP contribution in [-0.4, -0.2) is 29.9 Å². The Hall–Kier alpha value is 0.250. The van der Waals surface area contributed by atoms with Gasteiger partial charge in [0.05, 0.1) is 0 Å². The van der Waals surface area contributed by atoms with Gasteiger partial charge in [-0.3, -0.25) is 4.90 Å². The summed E-state index contributed by atoms with van der Waals surface area (Å²) in [4.78, 5) is 2.45. The van der Waals surface area contributed by atoms with Crippen LogP contribution in [0, 0.1) is 0 Å². The van der Waals surface area contributed by atoms with Gasteiger partial charge in [-0.2, -0.15) is 0 Å². The van der Waals surface area contributed by atoms with Crippen molar-refractivity contribution < 1.29 is 0 Å². The van der Waals surface area contributed by atoms with Crippen LogP contribution in [0.1, 0.15) is 26.2 Å². The van der Waals surface area contributed by atoms with Crippen molar-refractivity contribution in [3.05, 3.63) is 0 Å². The van der Waals surface area contributed by atoms with Gasteiger partial charge in [-0.25, -0.2) is 0 Å². The predicted molar refractivity (Wildman–Crippen MR) is 45.6 cm³/mol. The Labute approximate surface area is 68.4 Å². The molecule has 2 atom stereocenters. The molecule has 1 aliphatic rings. The molecule has 1 aliphatic heterocycles. The van der Waals surface area contributed by atoms with E-state index in [9.17, 15) is 0 Å². The molecule has 0 N–H and O–H groups in total. The van der Waals surface area contributed by atoms with Gasteiger partial charge in [0.1, 0.15) is 0 Å². The van der Waals surface area contributed by atoms with Crippen molar-refractivity contribution in [3.8, 4) is 0 Å². The van der Waals surface area contributed by atoms with Crippen LogP contribution >= 0.6 is 11.6 Å². The third-order valence-corrected chi connectivity index (χ3v) is 2.26. The van der Waals surface area contributed by atoms with Gasteiger partial charge in [-0.15, -0.1) is 11.6 Å². The quantitative estimate of drug-likeness (QED) is 0.441. The van der Waals surface area contributed by atoms with Crippen LogP contribution in [0.15, 0.2) is 0 Å². The van der Waals surface area contributed by atoms with E-state index < -0.39 is 0 Å². The van der Waals surface area contributed by atoms with Crippen LogP contribution in [0.25, 0.3) is 0 Å². The lowest BCUT2D eigenvalue weighted by Gasteiger charge is -1.98. The summed E-state index contributed by atoms with van der Waals surface area (Å²) in [6.45, 7) is 4.64. The van der Waals surface area contributed by atoms with Gasteiger partial charge in [0.25, 0.3) is 0 Å². The van der Waals surface area contributed by atoms with Crippen molar-refractivity contribution in [1.82, 2.24) is 4.90 Å². The molecule has 1 fully saturated rings. The largest absolute Gasteiger partial charge is 0.296 e. The standard InChI is InChI=1S/C8H16ClN/c1-2-3-4-8-7-10(8)6-5-9/h8H,2-7H2,1H3. The number of nitrogens with zero attached hydrogens (tertiary/aromatic N) is 1. The highest BCUT2D eigenvalue weighted by atomic mass is 35.5. The molecular weight excluding hydrogens is 146 g/mol. The summed E-state index contributed by atoms with van der Waals surface area (Å²) in [5, 5.41) is 0. The number of unbranched alkanes of at least 4 members (excludes halogenated alkanes) is 1. The van der Waals surface area contributed by atoms with Crippen LogP contribution < -0.4 is 0 Å². The predicted octanol–water partition coefficient (Wildman–Crippen LogP) is 2.10. The highest BCUT2D eigenvalue weighted by Gasteiger charge is 2.31. The lowest BCUT2D eigenvalue weighted by Crippen LogP contribution is -2.04. The highest BCUT2D eigenvalue weighted by molar-refractivity contribution is 6.18. The first-order chi connectivity index (χ1) is 4.88. The second-order valence-corrected chi connectivity index (χ2v) is 3.36. The molecule has 1 nitrogen and oxygen atoms in total. The Bertz CT molecular complexity index is 95.3. The maximum atomic E-state index is 5.59. The number of alkyl halides is 1. The fourth-order valence-corrected chi connectivity index (χ4v) is 1.54. The number of rotatable bonds is 5. The van der Waals surface area contributed by atoms with E-state index in [4.69, 9.17) is 11.6 Å². The summed E-state index contributed by atoms with van der Waals surface area (Å²) in [5.41, 5.74) is 0. The molecule has 0 aromatic rings. The maximum Gasteiger partial charge on any atom is 0.0351 e. The van der Waals surface area contributed by atoms with Crippen molar-refractivity contribution in [2.45, 2.75) is 32.2 Å². The van der Waals surface area contributed by atoms with E-state index in [1.165, 1.54) is 25.8 Å². The average Bonchev–Trinajstić information content (AvgIpc) is 2.65. The molecule has 1 rings (SSSR count). The minimum Gasteiger partial charge on any atom is -0.296 e. The summed E-state index contributed by atoms with van der Waals surface area (Å²) in [5.74, 6) is 0.794. The van der Waals surface area contributed by atoms with E-state index in [0.29, 0.717) is 0 Å². The fraction of sp³-hybridized carbons (Fsp3) is 1.00. The van der Waals surface area contributed by atoms with Crippen LogP contribution in [0.5, 0.6) is 0 Å². The monoisotopic (exact) mass is 161 g/mol. The zero-order chi connectivity index (χ0) is 7.40. The zero-order valence-corrected chi connectivity index (χ0v) is 7.40. The molecule has 1 saturated heterocycles. The van der Waals surface area contributed by atoms with E-state index in [-0.39, 0.29) is 0 Å². The molecule has 0 bridgehead atoms. The average molecular weight is 162 g/mol. The lowest BCUT2D eigenvalue weighted by molar-refractivity contribution is 0.509. The zero-order valence-electron chi connectivity index (χ0n) is 6.65. The van der Waals surface area contributed by atoms with Gasteiger partial charge in [0.2, 0.25) is 0 Å². The van der Waals surface area contributed by atoms with Crippen molar-refractivity contribution in [2.75, 3.05) is 19.0 Å². The summed E-state index contributed by atoms with van der Waals surface area (Å²) in [7, 11) is 0. The molecule has 0 aromatic carbocycles. The fourth-order valence-electron chi connectivity index (χ4n) is 1.32. The summed E-state index contributed by atoms with van der Waals surface area (Å²) >= 11 is 5.59. The molecule has 10 heavy (non-hydrogen) atoms. The number of halogens is 1. The van der Waals surface area contributed by atoms with Crippen molar-refractivity contribution in [2.24, 2.45) is 0 Å². The van der Waals surface area contributed by atoms with Crippen molar-refractivity contribution in [3.63, 3.8) is 0 Å². The second kappa shape index (κ2) is 4.20. The van der Waals surface area contributed by atoms with Gasteiger partial charge < -0.3 is 0 Å². The van der Waals surface area contributed by atoms with Crippen LogP contribution in [0.4, 0.5) is 0 Å². The Kier molecular flexibility index (Phi) is 3.50. The van der Waals surface area contributed by atoms with Gasteiger partial charge in [-0.1, -0.05) is 19.8 Å². The first kappa shape index (κ1) is 8.35. The molecular formula is C8H16ClN. The number of hydrogen-bond acceptors (Lipinski definition) is 1. The van der Waals surface area contributed by atoms with Crippen LogP contribution in [0.2, 0.25) is 0 Å². The molecule has 1 heterocycles. The van der Waals surface area contributed by atoms with Crippen LogP contribution in [-0.2, 0) is 0 Å². The van der Waals surface area contributed by atoms with E-state index in [2.05, 4.69) is 11.8 Å². The summed E-state index contributed by atoms with van der Waals surface area (Å²) < 4.78 is 0. The Morgan fingerprint density at radius 2 is 2.40 bits per heavy atom. The molecule has 0 spiro atoms. The van der Waals surface area contributed by atoms with E-state index in [1.807, 2.05) is 0 Å². The Morgan fingerprint density at radius 1 is 1.60 bits per heavy atom. The van der Waals surface area contributed by atoms with Gasteiger partial charge in [-0.05, 0) is 6.42 Å².